The van der Waals surface area contributed by atoms with Gasteiger partial charge in [-0.15, -0.1) is 0 Å². The summed E-state index contributed by atoms with van der Waals surface area (Å²) in [4.78, 5) is 13.8. The first kappa shape index (κ1) is 18.2. The van der Waals surface area contributed by atoms with Crippen LogP contribution in [-0.4, -0.2) is 41.7 Å². The Morgan fingerprint density at radius 3 is 2.64 bits per heavy atom. The molecular weight excluding hydrogens is 333 g/mol. The van der Waals surface area contributed by atoms with Gasteiger partial charge in [-0.3, -0.25) is 9.69 Å². The number of aliphatic hydroxyl groups is 1. The number of hydrogen-bond donors (Lipinski definition) is 2. The van der Waals surface area contributed by atoms with E-state index in [0.717, 1.165) is 18.9 Å². The number of hydrogen-bond acceptors (Lipinski definition) is 3. The summed E-state index contributed by atoms with van der Waals surface area (Å²) in [7, 11) is 0. The first-order valence-corrected chi connectivity index (χ1v) is 8.69. The lowest BCUT2D eigenvalue weighted by Gasteiger charge is -2.28. The van der Waals surface area contributed by atoms with Crippen LogP contribution in [0.1, 0.15) is 42.9 Å². The molecule has 1 aromatic rings. The molecule has 0 bridgehead atoms. The molecule has 2 N–H and O–H groups in total. The van der Waals surface area contributed by atoms with E-state index in [1.165, 1.54) is 18.6 Å². The Hall–Kier alpha value is -1.60. The van der Waals surface area contributed by atoms with Crippen LogP contribution in [0, 0.1) is 5.92 Å². The van der Waals surface area contributed by atoms with Gasteiger partial charge in [0.1, 0.15) is 0 Å². The van der Waals surface area contributed by atoms with Crippen molar-refractivity contribution in [2.24, 2.45) is 5.92 Å². The van der Waals surface area contributed by atoms with Gasteiger partial charge in [-0.05, 0) is 36.8 Å². The topological polar surface area (TPSA) is 52.6 Å². The molecule has 1 heterocycles. The van der Waals surface area contributed by atoms with Crippen LogP contribution in [0.15, 0.2) is 24.3 Å². The molecule has 25 heavy (non-hydrogen) atoms. The average Bonchev–Trinajstić information content (AvgIpc) is 2.85. The van der Waals surface area contributed by atoms with Crippen molar-refractivity contribution in [1.82, 2.24) is 10.2 Å². The molecule has 3 rings (SSSR count). The monoisotopic (exact) mass is 356 g/mol. The smallest absolute Gasteiger partial charge is 0.392 e. The number of β-amino-alcohol motifs (C(OH)–C–C–N with tert-alkyl or cyclic N) is 1. The summed E-state index contributed by atoms with van der Waals surface area (Å²) in [5.74, 6) is 0.324. The summed E-state index contributed by atoms with van der Waals surface area (Å²) in [6, 6.07) is 4.79. The predicted octanol–water partition coefficient (Wildman–Crippen LogP) is 2.73. The van der Waals surface area contributed by atoms with Crippen molar-refractivity contribution in [3.63, 3.8) is 0 Å². The zero-order valence-electron chi connectivity index (χ0n) is 13.9. The van der Waals surface area contributed by atoms with E-state index in [1.807, 2.05) is 0 Å². The lowest BCUT2D eigenvalue weighted by Crippen LogP contribution is -2.40. The molecule has 2 aliphatic rings. The normalized spacial score (nSPS) is 25.0. The van der Waals surface area contributed by atoms with Gasteiger partial charge in [0.15, 0.2) is 0 Å². The van der Waals surface area contributed by atoms with Crippen molar-refractivity contribution < 1.29 is 23.1 Å². The average molecular weight is 356 g/mol. The fourth-order valence-corrected chi connectivity index (χ4v) is 3.62. The largest absolute Gasteiger partial charge is 0.416 e. The molecule has 1 saturated carbocycles. The molecule has 0 radical (unpaired) electrons. The van der Waals surface area contributed by atoms with E-state index in [4.69, 9.17) is 0 Å². The minimum Gasteiger partial charge on any atom is -0.392 e. The highest BCUT2D eigenvalue weighted by atomic mass is 19.4. The Balaban J connectivity index is 1.70. The number of nitrogens with one attached hydrogen (secondary N) is 1. The molecule has 7 heteroatoms. The van der Waals surface area contributed by atoms with E-state index in [2.05, 4.69) is 5.32 Å². The molecule has 4 nitrogen and oxygen atoms in total. The molecule has 1 aliphatic heterocycles. The van der Waals surface area contributed by atoms with Gasteiger partial charge in [-0.1, -0.05) is 24.6 Å². The maximum absolute atomic E-state index is 13.3. The summed E-state index contributed by atoms with van der Waals surface area (Å²) in [6.45, 7) is 0.827. The Morgan fingerprint density at radius 1 is 1.28 bits per heavy atom. The van der Waals surface area contributed by atoms with Crippen LogP contribution in [-0.2, 0) is 11.0 Å². The molecule has 0 unspecified atom stereocenters. The Labute approximate surface area is 145 Å². The maximum atomic E-state index is 13.3. The second-order valence-corrected chi connectivity index (χ2v) is 7.02. The maximum Gasteiger partial charge on any atom is 0.416 e. The molecule has 138 valence electrons. The van der Waals surface area contributed by atoms with Crippen molar-refractivity contribution >= 4 is 5.91 Å². The number of carbonyl (C=O) groups excluding carboxylic acids is 1. The third-order valence-electron chi connectivity index (χ3n) is 5.17. The number of nitrogens with zero attached hydrogens (tertiary/aromatic N) is 1. The number of aliphatic hydroxyl groups excluding tert-OH is 1. The second-order valence-electron chi connectivity index (χ2n) is 7.02. The number of amides is 1. The van der Waals surface area contributed by atoms with Crippen LogP contribution in [0.2, 0.25) is 0 Å². The van der Waals surface area contributed by atoms with Crippen LogP contribution in [0.4, 0.5) is 13.2 Å². The van der Waals surface area contributed by atoms with Crippen LogP contribution in [0.25, 0.3) is 0 Å². The Kier molecular flexibility index (Phi) is 5.34. The fraction of sp³-hybridized carbons (Fsp3) is 0.611. The van der Waals surface area contributed by atoms with E-state index >= 15 is 0 Å². The highest BCUT2D eigenvalue weighted by Crippen LogP contribution is 2.40. The van der Waals surface area contributed by atoms with Gasteiger partial charge in [0.2, 0.25) is 5.91 Å². The van der Waals surface area contributed by atoms with E-state index in [0.29, 0.717) is 12.5 Å². The van der Waals surface area contributed by atoms with Crippen LogP contribution >= 0.6 is 0 Å². The summed E-state index contributed by atoms with van der Waals surface area (Å²) in [5, 5.41) is 12.8. The number of benzene rings is 1. The molecule has 2 atom stereocenters. The first-order valence-electron chi connectivity index (χ1n) is 8.69. The summed E-state index contributed by atoms with van der Waals surface area (Å²) < 4.78 is 39.8. The SMILES string of the molecule is O=C(CN1C[C@H](O)C[C@H]1c1ccccc1C(F)(F)F)NCC1CCC1. The van der Waals surface area contributed by atoms with Gasteiger partial charge in [-0.25, -0.2) is 0 Å². The lowest BCUT2D eigenvalue weighted by molar-refractivity contribution is -0.138. The van der Waals surface area contributed by atoms with Crippen LogP contribution in [0.3, 0.4) is 0 Å². The zero-order valence-corrected chi connectivity index (χ0v) is 13.9. The molecule has 0 aromatic heterocycles. The van der Waals surface area contributed by atoms with Gasteiger partial charge in [-0.2, -0.15) is 13.2 Å². The molecular formula is C18H23F3N2O2. The zero-order chi connectivity index (χ0) is 18.0. The highest BCUT2D eigenvalue weighted by Gasteiger charge is 2.40. The van der Waals surface area contributed by atoms with Gasteiger partial charge < -0.3 is 10.4 Å². The number of likely N-dealkylation sites (tertiary alicyclic amines) is 1. The number of alkyl halides is 3. The minimum atomic E-state index is -4.46. The molecule has 0 spiro atoms. The van der Waals surface area contributed by atoms with Gasteiger partial charge in [0.05, 0.1) is 18.2 Å². The van der Waals surface area contributed by atoms with Crippen molar-refractivity contribution in [3.8, 4) is 0 Å². The third kappa shape index (κ3) is 4.33. The predicted molar refractivity (Wildman–Crippen MR) is 86.7 cm³/mol. The fourth-order valence-electron chi connectivity index (χ4n) is 3.62. The van der Waals surface area contributed by atoms with E-state index in [-0.39, 0.29) is 31.0 Å². The van der Waals surface area contributed by atoms with E-state index < -0.39 is 23.9 Å². The number of carbonyl (C=O) groups is 1. The van der Waals surface area contributed by atoms with Gasteiger partial charge >= 0.3 is 6.18 Å². The molecule has 1 aromatic carbocycles. The summed E-state index contributed by atoms with van der Waals surface area (Å²) in [6.07, 6.45) is -1.57. The summed E-state index contributed by atoms with van der Waals surface area (Å²) in [5.41, 5.74) is -0.577. The third-order valence-corrected chi connectivity index (χ3v) is 5.17. The molecule has 2 fully saturated rings. The highest BCUT2D eigenvalue weighted by molar-refractivity contribution is 5.78. The summed E-state index contributed by atoms with van der Waals surface area (Å²) >= 11 is 0. The van der Waals surface area contributed by atoms with Crippen molar-refractivity contribution in [2.75, 3.05) is 19.6 Å². The standard InChI is InChI=1S/C18H23F3N2O2/c19-18(20,21)15-7-2-1-6-14(15)16-8-13(24)10-23(16)11-17(25)22-9-12-4-3-5-12/h1-2,6-7,12-13,16,24H,3-5,8-11H2,(H,22,25)/t13-,16+/m1/s1. The van der Waals surface area contributed by atoms with E-state index in [9.17, 15) is 23.1 Å². The number of rotatable bonds is 5. The number of halogens is 3. The first-order chi connectivity index (χ1) is 11.8. The molecule has 1 amide bonds. The quantitative estimate of drug-likeness (QED) is 0.853. The van der Waals surface area contributed by atoms with Crippen molar-refractivity contribution in [2.45, 2.75) is 44.0 Å². The van der Waals surface area contributed by atoms with Gasteiger partial charge in [0, 0.05) is 19.1 Å². The van der Waals surface area contributed by atoms with Crippen molar-refractivity contribution in [3.05, 3.63) is 35.4 Å². The minimum absolute atomic E-state index is 0.000633. The van der Waals surface area contributed by atoms with Crippen LogP contribution < -0.4 is 5.32 Å². The molecule has 1 saturated heterocycles. The lowest BCUT2D eigenvalue weighted by atomic mass is 9.85. The van der Waals surface area contributed by atoms with E-state index in [1.54, 1.807) is 11.0 Å². The Bertz CT molecular complexity index is 617. The second kappa shape index (κ2) is 7.33. The van der Waals surface area contributed by atoms with Crippen LogP contribution in [0.5, 0.6) is 0 Å². The van der Waals surface area contributed by atoms with Crippen molar-refractivity contribution in [1.29, 1.82) is 0 Å². The Morgan fingerprint density at radius 2 is 2.00 bits per heavy atom. The van der Waals surface area contributed by atoms with Gasteiger partial charge in [0.25, 0.3) is 0 Å². The molecule has 1 aliphatic carbocycles.